The van der Waals surface area contributed by atoms with E-state index in [-0.39, 0.29) is 0 Å². The first-order valence-electron chi connectivity index (χ1n) is 14.5. The highest BCUT2D eigenvalue weighted by atomic mass is 32.2. The van der Waals surface area contributed by atoms with Crippen LogP contribution < -0.4 is 14.4 Å². The quantitative estimate of drug-likeness (QED) is 0.172. The molecule has 202 valence electrons. The molecule has 0 atom stereocenters. The largest absolute Gasteiger partial charge is 0.494 e. The maximum absolute atomic E-state index is 6.01. The number of unbranched alkanes of at least 4 members (excludes halogenated alkanes) is 6. The number of allylic oxidation sites excluding steroid dienone is 1. The van der Waals surface area contributed by atoms with Crippen molar-refractivity contribution in [2.75, 3.05) is 23.9 Å². The van der Waals surface area contributed by atoms with Crippen LogP contribution in [0.3, 0.4) is 0 Å². The van der Waals surface area contributed by atoms with Crippen LogP contribution in [0.15, 0.2) is 78.9 Å². The SMILES string of the molecule is CCCCCCOc1ccc(N(c2ccc(OCCCCCC)cc2)c2ccc(C3=CCCS3)cc2)cc1. The van der Waals surface area contributed by atoms with Crippen LogP contribution in [0.25, 0.3) is 4.91 Å². The zero-order chi connectivity index (χ0) is 26.4. The van der Waals surface area contributed by atoms with Crippen LogP contribution in [0, 0.1) is 0 Å². The summed E-state index contributed by atoms with van der Waals surface area (Å²) < 4.78 is 12.0. The lowest BCUT2D eigenvalue weighted by molar-refractivity contribution is 0.305. The molecule has 1 heterocycles. The maximum atomic E-state index is 6.01. The number of benzene rings is 3. The smallest absolute Gasteiger partial charge is 0.119 e. The maximum Gasteiger partial charge on any atom is 0.119 e. The van der Waals surface area contributed by atoms with E-state index in [2.05, 4.69) is 97.6 Å². The third-order valence-corrected chi connectivity index (χ3v) is 7.99. The summed E-state index contributed by atoms with van der Waals surface area (Å²) in [5.41, 5.74) is 4.66. The van der Waals surface area contributed by atoms with Crippen LogP contribution in [-0.2, 0) is 0 Å². The fourth-order valence-electron chi connectivity index (χ4n) is 4.66. The van der Waals surface area contributed by atoms with Gasteiger partial charge in [0.15, 0.2) is 0 Å². The first kappa shape index (κ1) is 28.2. The summed E-state index contributed by atoms with van der Waals surface area (Å²) in [6.45, 7) is 6.02. The fraction of sp³-hybridized carbons (Fsp3) is 0.412. The molecular formula is C34H43NO2S. The minimum Gasteiger partial charge on any atom is -0.494 e. The number of ether oxygens (including phenoxy) is 2. The van der Waals surface area contributed by atoms with E-state index in [1.165, 1.54) is 54.7 Å². The summed E-state index contributed by atoms with van der Waals surface area (Å²) in [7, 11) is 0. The lowest BCUT2D eigenvalue weighted by Crippen LogP contribution is -2.10. The molecule has 1 aliphatic rings. The van der Waals surface area contributed by atoms with Crippen LogP contribution in [-0.4, -0.2) is 19.0 Å². The summed E-state index contributed by atoms with van der Waals surface area (Å²) in [5.74, 6) is 3.04. The van der Waals surface area contributed by atoms with Crippen molar-refractivity contribution >= 4 is 33.7 Å². The van der Waals surface area contributed by atoms with Gasteiger partial charge < -0.3 is 14.4 Å². The Bertz CT molecular complexity index is 1050. The summed E-state index contributed by atoms with van der Waals surface area (Å²) in [6, 6.07) is 25.9. The fourth-order valence-corrected chi connectivity index (χ4v) is 5.66. The van der Waals surface area contributed by atoms with Gasteiger partial charge in [-0.05, 0) is 85.5 Å². The molecule has 0 spiro atoms. The molecule has 38 heavy (non-hydrogen) atoms. The molecule has 1 aliphatic heterocycles. The van der Waals surface area contributed by atoms with Crippen molar-refractivity contribution < 1.29 is 9.47 Å². The van der Waals surface area contributed by atoms with E-state index in [0.717, 1.165) is 61.0 Å². The van der Waals surface area contributed by atoms with Gasteiger partial charge in [-0.3, -0.25) is 0 Å². The molecular weight excluding hydrogens is 486 g/mol. The lowest BCUT2D eigenvalue weighted by atomic mass is 10.1. The van der Waals surface area contributed by atoms with E-state index in [1.807, 2.05) is 11.8 Å². The molecule has 0 N–H and O–H groups in total. The Labute approximate surface area is 234 Å². The van der Waals surface area contributed by atoms with Crippen molar-refractivity contribution in [3.05, 3.63) is 84.4 Å². The first-order valence-corrected chi connectivity index (χ1v) is 15.5. The molecule has 0 unspecified atom stereocenters. The van der Waals surface area contributed by atoms with E-state index in [1.54, 1.807) is 0 Å². The average molecular weight is 530 g/mol. The zero-order valence-corrected chi connectivity index (χ0v) is 24.0. The molecule has 3 nitrogen and oxygen atoms in total. The van der Waals surface area contributed by atoms with E-state index in [9.17, 15) is 0 Å². The first-order chi connectivity index (χ1) is 18.8. The van der Waals surface area contributed by atoms with E-state index in [4.69, 9.17) is 9.47 Å². The molecule has 0 radical (unpaired) electrons. The predicted octanol–water partition coefficient (Wildman–Crippen LogP) is 10.6. The van der Waals surface area contributed by atoms with E-state index < -0.39 is 0 Å². The van der Waals surface area contributed by atoms with E-state index in [0.29, 0.717) is 0 Å². The Morgan fingerprint density at radius 1 is 0.605 bits per heavy atom. The zero-order valence-electron chi connectivity index (χ0n) is 23.2. The van der Waals surface area contributed by atoms with Crippen LogP contribution in [0.1, 0.15) is 77.2 Å². The van der Waals surface area contributed by atoms with Gasteiger partial charge in [0.05, 0.1) is 13.2 Å². The summed E-state index contributed by atoms with van der Waals surface area (Å²) in [4.78, 5) is 3.69. The van der Waals surface area contributed by atoms with Gasteiger partial charge in [0.2, 0.25) is 0 Å². The molecule has 3 aromatic rings. The van der Waals surface area contributed by atoms with Gasteiger partial charge in [0.25, 0.3) is 0 Å². The monoisotopic (exact) mass is 529 g/mol. The molecule has 0 bridgehead atoms. The third-order valence-electron chi connectivity index (χ3n) is 6.84. The molecule has 0 aliphatic carbocycles. The van der Waals surface area contributed by atoms with Crippen molar-refractivity contribution in [1.29, 1.82) is 0 Å². The van der Waals surface area contributed by atoms with Crippen molar-refractivity contribution in [2.24, 2.45) is 0 Å². The van der Waals surface area contributed by atoms with E-state index >= 15 is 0 Å². The number of anilines is 3. The van der Waals surface area contributed by atoms with Crippen molar-refractivity contribution in [2.45, 2.75) is 71.6 Å². The number of rotatable bonds is 16. The molecule has 0 aromatic heterocycles. The standard InChI is InChI=1S/C34H43NO2S/c1-3-5-7-9-25-36-32-21-17-30(18-22-32)35(29-15-13-28(14-16-29)34-12-11-27-38-34)31-19-23-33(24-20-31)37-26-10-8-6-4-2/h12-24H,3-11,25-27H2,1-2H3. The van der Waals surface area contributed by atoms with Gasteiger partial charge in [0, 0.05) is 27.7 Å². The van der Waals surface area contributed by atoms with Gasteiger partial charge in [-0.1, -0.05) is 70.6 Å². The number of nitrogens with zero attached hydrogens (tertiary/aromatic N) is 1. The van der Waals surface area contributed by atoms with Crippen LogP contribution in [0.2, 0.25) is 0 Å². The Hall–Kier alpha value is -2.85. The lowest BCUT2D eigenvalue weighted by Gasteiger charge is -2.26. The highest BCUT2D eigenvalue weighted by Gasteiger charge is 2.14. The van der Waals surface area contributed by atoms with Crippen molar-refractivity contribution in [1.82, 2.24) is 0 Å². The van der Waals surface area contributed by atoms with Crippen molar-refractivity contribution in [3.8, 4) is 11.5 Å². The van der Waals surface area contributed by atoms with Crippen LogP contribution >= 0.6 is 11.8 Å². The second-order valence-corrected chi connectivity index (χ2v) is 11.0. The molecule has 4 heteroatoms. The number of thioether (sulfide) groups is 1. The van der Waals surface area contributed by atoms with Gasteiger partial charge in [-0.2, -0.15) is 0 Å². The van der Waals surface area contributed by atoms with Gasteiger partial charge in [-0.25, -0.2) is 0 Å². The van der Waals surface area contributed by atoms with Gasteiger partial charge in [-0.15, -0.1) is 11.8 Å². The topological polar surface area (TPSA) is 21.7 Å². The highest BCUT2D eigenvalue weighted by molar-refractivity contribution is 8.08. The third kappa shape index (κ3) is 8.33. The summed E-state index contributed by atoms with van der Waals surface area (Å²) >= 11 is 1.95. The highest BCUT2D eigenvalue weighted by Crippen LogP contribution is 2.39. The Morgan fingerprint density at radius 3 is 1.50 bits per heavy atom. The van der Waals surface area contributed by atoms with Crippen molar-refractivity contribution in [3.63, 3.8) is 0 Å². The molecule has 0 saturated carbocycles. The second kappa shape index (κ2) is 15.5. The molecule has 4 rings (SSSR count). The second-order valence-electron chi connectivity index (χ2n) is 9.89. The Morgan fingerprint density at radius 2 is 1.08 bits per heavy atom. The van der Waals surface area contributed by atoms with Gasteiger partial charge >= 0.3 is 0 Å². The number of hydrogen-bond acceptors (Lipinski definition) is 4. The van der Waals surface area contributed by atoms with Crippen LogP contribution in [0.4, 0.5) is 17.1 Å². The number of hydrogen-bond donors (Lipinski definition) is 0. The normalized spacial score (nSPS) is 12.8. The van der Waals surface area contributed by atoms with Crippen LogP contribution in [0.5, 0.6) is 11.5 Å². The molecule has 0 amide bonds. The molecule has 0 fully saturated rings. The minimum absolute atomic E-state index is 0.776. The average Bonchev–Trinajstić information content (AvgIpc) is 3.50. The minimum atomic E-state index is 0.776. The summed E-state index contributed by atoms with van der Waals surface area (Å²) in [5, 5.41) is 0. The Balaban J connectivity index is 1.50. The molecule has 3 aromatic carbocycles. The Kier molecular flexibility index (Phi) is 11.5. The molecule has 0 saturated heterocycles. The summed E-state index contributed by atoms with van der Waals surface area (Å²) in [6.07, 6.45) is 13.2. The van der Waals surface area contributed by atoms with Gasteiger partial charge in [0.1, 0.15) is 11.5 Å². The predicted molar refractivity (Wildman–Crippen MR) is 165 cm³/mol.